The van der Waals surface area contributed by atoms with Crippen LogP contribution in [-0.2, 0) is 20.7 Å². The maximum absolute atomic E-state index is 13.5. The van der Waals surface area contributed by atoms with Gasteiger partial charge in [0.05, 0.1) is 23.8 Å². The van der Waals surface area contributed by atoms with Crippen molar-refractivity contribution in [1.82, 2.24) is 4.90 Å². The van der Waals surface area contributed by atoms with E-state index in [1.165, 1.54) is 17.9 Å². The van der Waals surface area contributed by atoms with Gasteiger partial charge in [0.25, 0.3) is 11.8 Å². The van der Waals surface area contributed by atoms with Gasteiger partial charge in [-0.1, -0.05) is 23.2 Å². The summed E-state index contributed by atoms with van der Waals surface area (Å²) in [6.45, 7) is -0.719. The molecule has 34 heavy (non-hydrogen) atoms. The Morgan fingerprint density at radius 3 is 2.76 bits per heavy atom. The zero-order chi connectivity index (χ0) is 24.6. The number of benzene rings is 1. The number of fused-ring (bicyclic) bond motifs is 1. The molecule has 0 aliphatic carbocycles. The van der Waals surface area contributed by atoms with Crippen molar-refractivity contribution in [1.29, 1.82) is 0 Å². The molecule has 3 aliphatic rings. The van der Waals surface area contributed by atoms with Gasteiger partial charge in [0.1, 0.15) is 11.7 Å². The van der Waals surface area contributed by atoms with Crippen LogP contribution >= 0.6 is 23.2 Å². The number of nitrogens with zero attached hydrogens (tertiary/aromatic N) is 2. The molecule has 3 heterocycles. The fourth-order valence-electron chi connectivity index (χ4n) is 4.79. The predicted molar refractivity (Wildman–Crippen MR) is 122 cm³/mol. The van der Waals surface area contributed by atoms with Crippen molar-refractivity contribution in [2.45, 2.75) is 32.3 Å². The molecule has 0 bridgehead atoms. The van der Waals surface area contributed by atoms with Crippen LogP contribution in [0.4, 0.5) is 8.78 Å². The van der Waals surface area contributed by atoms with E-state index in [4.69, 9.17) is 27.9 Å². The van der Waals surface area contributed by atoms with Crippen LogP contribution in [0.5, 0.6) is 0 Å². The highest BCUT2D eigenvalue weighted by Gasteiger charge is 2.38. The first kappa shape index (κ1) is 25.0. The highest BCUT2D eigenvalue weighted by Crippen LogP contribution is 2.41. The first-order valence-electron chi connectivity index (χ1n) is 10.9. The number of rotatable bonds is 7. The molecule has 2 amide bonds. The summed E-state index contributed by atoms with van der Waals surface area (Å²) in [5.41, 5.74) is 1.60. The molecule has 4 rings (SSSR count). The lowest BCUT2D eigenvalue weighted by molar-refractivity contribution is -0.129. The van der Waals surface area contributed by atoms with Crippen LogP contribution in [-0.4, -0.2) is 67.1 Å². The normalized spacial score (nSPS) is 23.7. The highest BCUT2D eigenvalue weighted by atomic mass is 35.5. The van der Waals surface area contributed by atoms with Crippen LogP contribution in [0.15, 0.2) is 22.9 Å². The Hall–Kier alpha value is -2.07. The summed E-state index contributed by atoms with van der Waals surface area (Å²) in [5.74, 6) is -2.83. The van der Waals surface area contributed by atoms with Gasteiger partial charge >= 0.3 is 6.61 Å². The smallest absolute Gasteiger partial charge is 0.387 e. The quantitative estimate of drug-likeness (QED) is 0.594. The second kappa shape index (κ2) is 10.3. The number of aliphatic hydroxyl groups is 1. The molecule has 1 aromatic carbocycles. The third-order valence-corrected chi connectivity index (χ3v) is 7.26. The van der Waals surface area contributed by atoms with E-state index in [-0.39, 0.29) is 53.6 Å². The SMILES string of the molecule is CC1=NC(=O)C(CN2CCc3c(Cl)cc(C(CO)C4CCOC4)c(Cl)c3C2=O)C(OC(F)F)=C1. The standard InChI is InChI=1S/C23H24Cl2F2N2O5/c1-11-6-18(34-23(26)27)15(21(31)28-11)8-29-4-2-13-17(24)7-14(20(25)19(13)22(29)32)16(9-30)12-3-5-33-10-12/h6-7,12,15-16,23,30H,2-5,8-10H2,1H3. The van der Waals surface area contributed by atoms with Crippen molar-refractivity contribution in [3.63, 3.8) is 0 Å². The second-order valence-electron chi connectivity index (χ2n) is 8.60. The lowest BCUT2D eigenvalue weighted by Crippen LogP contribution is -2.44. The fourth-order valence-corrected chi connectivity index (χ4v) is 5.49. The molecule has 3 atom stereocenters. The number of allylic oxidation sites excluding steroid dienone is 1. The van der Waals surface area contributed by atoms with E-state index in [9.17, 15) is 23.5 Å². The zero-order valence-electron chi connectivity index (χ0n) is 18.4. The Labute approximate surface area is 205 Å². The molecule has 3 aliphatic heterocycles. The van der Waals surface area contributed by atoms with Gasteiger partial charge in [0.15, 0.2) is 0 Å². The number of ether oxygens (including phenoxy) is 2. The topological polar surface area (TPSA) is 88.4 Å². The summed E-state index contributed by atoms with van der Waals surface area (Å²) in [4.78, 5) is 31.2. The molecule has 184 valence electrons. The number of hydrogen-bond donors (Lipinski definition) is 1. The summed E-state index contributed by atoms with van der Waals surface area (Å²) in [5, 5.41) is 10.6. The summed E-state index contributed by atoms with van der Waals surface area (Å²) < 4.78 is 35.8. The average Bonchev–Trinajstić information content (AvgIpc) is 3.29. The summed E-state index contributed by atoms with van der Waals surface area (Å²) >= 11 is 13.2. The molecule has 1 N–H and O–H groups in total. The van der Waals surface area contributed by atoms with Crippen molar-refractivity contribution in [2.75, 3.05) is 32.9 Å². The van der Waals surface area contributed by atoms with E-state index in [0.29, 0.717) is 35.8 Å². The molecule has 11 heteroatoms. The van der Waals surface area contributed by atoms with Gasteiger partial charge in [-0.15, -0.1) is 0 Å². The average molecular weight is 517 g/mol. The number of carbonyl (C=O) groups excluding carboxylic acids is 2. The van der Waals surface area contributed by atoms with Gasteiger partial charge in [-0.25, -0.2) is 4.99 Å². The zero-order valence-corrected chi connectivity index (χ0v) is 19.9. The van der Waals surface area contributed by atoms with E-state index in [1.807, 2.05) is 0 Å². The lowest BCUT2D eigenvalue weighted by atomic mass is 9.83. The Kier molecular flexibility index (Phi) is 7.57. The first-order chi connectivity index (χ1) is 16.2. The van der Waals surface area contributed by atoms with Crippen LogP contribution in [0.3, 0.4) is 0 Å². The molecular weight excluding hydrogens is 493 g/mol. The molecule has 0 aromatic heterocycles. The van der Waals surface area contributed by atoms with E-state index in [1.54, 1.807) is 6.07 Å². The van der Waals surface area contributed by atoms with Crippen molar-refractivity contribution in [3.05, 3.63) is 44.6 Å². The molecule has 0 spiro atoms. The van der Waals surface area contributed by atoms with E-state index >= 15 is 0 Å². The van der Waals surface area contributed by atoms with E-state index in [0.717, 1.165) is 6.42 Å². The number of halogens is 4. The minimum Gasteiger partial charge on any atom is -0.438 e. The van der Waals surface area contributed by atoms with Crippen LogP contribution in [0, 0.1) is 11.8 Å². The number of carbonyl (C=O) groups is 2. The van der Waals surface area contributed by atoms with Crippen molar-refractivity contribution >= 4 is 40.7 Å². The maximum atomic E-state index is 13.5. The molecule has 3 unspecified atom stereocenters. The van der Waals surface area contributed by atoms with Crippen LogP contribution in [0.25, 0.3) is 0 Å². The van der Waals surface area contributed by atoms with Gasteiger partial charge < -0.3 is 19.5 Å². The third-order valence-electron chi connectivity index (χ3n) is 6.52. The minimum atomic E-state index is -3.11. The number of dihydropyridines is 1. The summed E-state index contributed by atoms with van der Waals surface area (Å²) in [6.07, 6.45) is 2.39. The van der Waals surface area contributed by atoms with Crippen molar-refractivity contribution in [2.24, 2.45) is 16.8 Å². The molecule has 7 nitrogen and oxygen atoms in total. The van der Waals surface area contributed by atoms with Crippen molar-refractivity contribution in [3.8, 4) is 0 Å². The summed E-state index contributed by atoms with van der Waals surface area (Å²) in [6, 6.07) is 1.70. The van der Waals surface area contributed by atoms with Crippen LogP contribution in [0.1, 0.15) is 40.7 Å². The first-order valence-corrected chi connectivity index (χ1v) is 11.7. The third kappa shape index (κ3) is 4.84. The van der Waals surface area contributed by atoms with Crippen molar-refractivity contribution < 1.29 is 33.0 Å². The minimum absolute atomic E-state index is 0.0339. The predicted octanol–water partition coefficient (Wildman–Crippen LogP) is 3.84. The Morgan fingerprint density at radius 2 is 2.12 bits per heavy atom. The molecule has 0 saturated carbocycles. The number of aliphatic hydroxyl groups excluding tert-OH is 1. The number of aliphatic imine (C=N–C) groups is 1. The largest absolute Gasteiger partial charge is 0.438 e. The molecule has 1 fully saturated rings. The molecule has 0 radical (unpaired) electrons. The molecular formula is C23H24Cl2F2N2O5. The summed E-state index contributed by atoms with van der Waals surface area (Å²) in [7, 11) is 0. The van der Waals surface area contributed by atoms with Gasteiger partial charge in [0, 0.05) is 36.3 Å². The van der Waals surface area contributed by atoms with E-state index < -0.39 is 24.3 Å². The molecule has 1 aromatic rings. The highest BCUT2D eigenvalue weighted by molar-refractivity contribution is 6.37. The van der Waals surface area contributed by atoms with Crippen LogP contribution < -0.4 is 0 Å². The van der Waals surface area contributed by atoms with Crippen LogP contribution in [0.2, 0.25) is 10.0 Å². The Balaban J connectivity index is 1.64. The monoisotopic (exact) mass is 516 g/mol. The van der Waals surface area contributed by atoms with Gasteiger partial charge in [0.2, 0.25) is 0 Å². The fraction of sp³-hybridized carbons (Fsp3) is 0.522. The van der Waals surface area contributed by atoms with Gasteiger partial charge in [-0.2, -0.15) is 8.78 Å². The molecule has 1 saturated heterocycles. The maximum Gasteiger partial charge on any atom is 0.387 e. The van der Waals surface area contributed by atoms with Gasteiger partial charge in [-0.3, -0.25) is 9.59 Å². The number of alkyl halides is 2. The van der Waals surface area contributed by atoms with E-state index in [2.05, 4.69) is 9.73 Å². The Bertz CT molecular complexity index is 1060. The number of hydrogen-bond acceptors (Lipinski definition) is 5. The Morgan fingerprint density at radius 1 is 1.35 bits per heavy atom. The van der Waals surface area contributed by atoms with Gasteiger partial charge in [-0.05, 0) is 49.0 Å². The lowest BCUT2D eigenvalue weighted by Gasteiger charge is -2.34. The number of amides is 2. The second-order valence-corrected chi connectivity index (χ2v) is 9.38.